The maximum atomic E-state index is 16.2. The SMILES string of the molecule is CCN(C(=O)OC(C)(C)C)c1cc(O)c2c(c1)/C=C/C[C@@H]1OC(C)(C)O[C@@H]1[C@H](OCc1ccc(OC)cc1)/C(F)=C\[C@@H](C)[C@H](C)OC2=O. The molecule has 2 aromatic rings. The number of benzene rings is 2. The summed E-state index contributed by atoms with van der Waals surface area (Å²) in [7, 11) is 1.58. The van der Waals surface area contributed by atoms with Crippen molar-refractivity contribution in [3.63, 3.8) is 0 Å². The summed E-state index contributed by atoms with van der Waals surface area (Å²) in [5.74, 6) is -2.67. The van der Waals surface area contributed by atoms with Crippen LogP contribution in [0.15, 0.2) is 54.4 Å². The fourth-order valence-corrected chi connectivity index (χ4v) is 5.56. The zero-order valence-electron chi connectivity index (χ0n) is 29.2. The maximum absolute atomic E-state index is 16.2. The highest BCUT2D eigenvalue weighted by Crippen LogP contribution is 2.38. The van der Waals surface area contributed by atoms with Gasteiger partial charge in [-0.25, -0.2) is 14.0 Å². The zero-order valence-corrected chi connectivity index (χ0v) is 29.2. The van der Waals surface area contributed by atoms with Gasteiger partial charge in [0.15, 0.2) is 5.79 Å². The average molecular weight is 670 g/mol. The summed E-state index contributed by atoms with van der Waals surface area (Å²) < 4.78 is 51.5. The number of hydrogen-bond donors (Lipinski definition) is 1. The van der Waals surface area contributed by atoms with Gasteiger partial charge in [0.2, 0.25) is 0 Å². The molecular formula is C37H48FNO9. The molecule has 262 valence electrons. The molecule has 1 saturated heterocycles. The van der Waals surface area contributed by atoms with Crippen LogP contribution < -0.4 is 9.64 Å². The van der Waals surface area contributed by atoms with E-state index in [9.17, 15) is 14.7 Å². The van der Waals surface area contributed by atoms with Gasteiger partial charge in [-0.15, -0.1) is 0 Å². The summed E-state index contributed by atoms with van der Waals surface area (Å²) in [4.78, 5) is 27.9. The molecule has 48 heavy (non-hydrogen) atoms. The van der Waals surface area contributed by atoms with Gasteiger partial charge in [-0.1, -0.05) is 31.2 Å². The van der Waals surface area contributed by atoms with Gasteiger partial charge < -0.3 is 33.5 Å². The standard InChI is InChI=1S/C37H48FNO9/c1-10-39(35(42)48-36(4,5)6)26-19-25-12-11-13-30-33(47-37(7,8)46-30)32(44-21-24-14-16-27(43-9)17-15-24)28(38)18-22(2)23(3)45-34(41)31(25)29(40)20-26/h11-12,14-20,22-23,30,32-33,40H,10,13,21H2,1-9H3/b12-11+,28-18+/t22-,23+,30+,32-,33+/m1/s1. The number of carbonyl (C=O) groups is 2. The number of phenols is 1. The predicted octanol–water partition coefficient (Wildman–Crippen LogP) is 7.72. The summed E-state index contributed by atoms with van der Waals surface area (Å²) in [6.45, 7) is 14.3. The number of esters is 1. The minimum absolute atomic E-state index is 0.0861. The Morgan fingerprint density at radius 2 is 1.81 bits per heavy atom. The van der Waals surface area contributed by atoms with Crippen molar-refractivity contribution in [1.29, 1.82) is 0 Å². The maximum Gasteiger partial charge on any atom is 0.414 e. The van der Waals surface area contributed by atoms with Crippen LogP contribution in [0, 0.1) is 5.92 Å². The smallest absolute Gasteiger partial charge is 0.414 e. The van der Waals surface area contributed by atoms with Crippen LogP contribution in [0.1, 0.15) is 83.3 Å². The second-order valence-corrected chi connectivity index (χ2v) is 13.5. The van der Waals surface area contributed by atoms with Gasteiger partial charge >= 0.3 is 12.1 Å². The molecule has 0 spiro atoms. The van der Waals surface area contributed by atoms with Gasteiger partial charge in [0.05, 0.1) is 25.5 Å². The molecule has 0 bridgehead atoms. The molecule has 2 aromatic carbocycles. The van der Waals surface area contributed by atoms with Crippen LogP contribution in [-0.2, 0) is 30.3 Å². The fourth-order valence-electron chi connectivity index (χ4n) is 5.56. The summed E-state index contributed by atoms with van der Waals surface area (Å²) in [6.07, 6.45) is 1.04. The molecule has 2 heterocycles. The fraction of sp³-hybridized carbons (Fsp3) is 0.514. The molecule has 0 unspecified atom stereocenters. The third kappa shape index (κ3) is 9.15. The summed E-state index contributed by atoms with van der Waals surface area (Å²) in [5.41, 5.74) is 0.635. The number of phenolic OH excluding ortho intramolecular Hbond substituents is 1. The van der Waals surface area contributed by atoms with Gasteiger partial charge in [-0.2, -0.15) is 0 Å². The highest BCUT2D eigenvalue weighted by Gasteiger charge is 2.47. The van der Waals surface area contributed by atoms with E-state index in [0.29, 0.717) is 17.0 Å². The number of hydrogen-bond acceptors (Lipinski definition) is 9. The lowest BCUT2D eigenvalue weighted by Crippen LogP contribution is -2.38. The minimum Gasteiger partial charge on any atom is -0.507 e. The molecule has 1 N–H and O–H groups in total. The molecule has 0 aromatic heterocycles. The van der Waals surface area contributed by atoms with Gasteiger partial charge in [0.1, 0.15) is 46.8 Å². The third-order valence-electron chi connectivity index (χ3n) is 8.08. The number of ether oxygens (including phenoxy) is 6. The van der Waals surface area contributed by atoms with E-state index in [1.807, 2.05) is 12.1 Å². The number of carbonyl (C=O) groups excluding carboxylic acids is 2. The van der Waals surface area contributed by atoms with Crippen molar-refractivity contribution in [3.8, 4) is 11.5 Å². The number of aromatic hydroxyl groups is 1. The van der Waals surface area contributed by atoms with E-state index in [4.69, 9.17) is 28.4 Å². The topological polar surface area (TPSA) is 113 Å². The lowest BCUT2D eigenvalue weighted by Gasteiger charge is -2.28. The first-order chi connectivity index (χ1) is 22.5. The number of methoxy groups -OCH3 is 1. The first-order valence-electron chi connectivity index (χ1n) is 16.2. The van der Waals surface area contributed by atoms with Gasteiger partial charge in [0, 0.05) is 18.5 Å². The van der Waals surface area contributed by atoms with Crippen molar-refractivity contribution in [2.75, 3.05) is 18.6 Å². The largest absolute Gasteiger partial charge is 0.507 e. The normalized spacial score (nSPS) is 26.2. The number of anilines is 1. The van der Waals surface area contributed by atoms with Crippen molar-refractivity contribution < 1.29 is 47.5 Å². The molecular weight excluding hydrogens is 621 g/mol. The van der Waals surface area contributed by atoms with E-state index in [2.05, 4.69) is 0 Å². The number of fused-ring (bicyclic) bond motifs is 2. The molecule has 4 rings (SSSR count). The lowest BCUT2D eigenvalue weighted by atomic mass is 9.97. The minimum atomic E-state index is -1.13. The Kier molecular flexibility index (Phi) is 11.6. The van der Waals surface area contributed by atoms with E-state index in [1.54, 1.807) is 92.9 Å². The van der Waals surface area contributed by atoms with Gasteiger partial charge in [-0.3, -0.25) is 4.90 Å². The number of rotatable bonds is 6. The van der Waals surface area contributed by atoms with E-state index in [0.717, 1.165) is 5.56 Å². The van der Waals surface area contributed by atoms with Crippen LogP contribution in [0.4, 0.5) is 14.9 Å². The summed E-state index contributed by atoms with van der Waals surface area (Å²) in [6, 6.07) is 10.2. The number of halogens is 1. The Labute approximate surface area is 282 Å². The Hall–Kier alpha value is -3.93. The van der Waals surface area contributed by atoms with E-state index >= 15 is 4.39 Å². The molecule has 0 radical (unpaired) electrons. The average Bonchev–Trinajstić information content (AvgIpc) is 3.29. The quantitative estimate of drug-likeness (QED) is 0.309. The van der Waals surface area contributed by atoms with Crippen molar-refractivity contribution in [2.45, 2.75) is 104 Å². The lowest BCUT2D eigenvalue weighted by molar-refractivity contribution is -0.158. The third-order valence-corrected chi connectivity index (χ3v) is 8.08. The Bertz CT molecular complexity index is 1510. The van der Waals surface area contributed by atoms with Crippen molar-refractivity contribution in [1.82, 2.24) is 0 Å². The second kappa shape index (κ2) is 15.1. The summed E-state index contributed by atoms with van der Waals surface area (Å²) >= 11 is 0. The Morgan fingerprint density at radius 3 is 2.44 bits per heavy atom. The van der Waals surface area contributed by atoms with Gasteiger partial charge in [0.25, 0.3) is 0 Å². The monoisotopic (exact) mass is 669 g/mol. The first kappa shape index (κ1) is 36.9. The van der Waals surface area contributed by atoms with Crippen LogP contribution in [0.5, 0.6) is 11.5 Å². The molecule has 1 amide bonds. The molecule has 1 fully saturated rings. The predicted molar refractivity (Wildman–Crippen MR) is 180 cm³/mol. The van der Waals surface area contributed by atoms with E-state index in [-0.39, 0.29) is 30.9 Å². The number of nitrogens with zero attached hydrogens (tertiary/aromatic N) is 1. The van der Waals surface area contributed by atoms with Crippen LogP contribution in [-0.4, -0.2) is 66.6 Å². The van der Waals surface area contributed by atoms with Crippen LogP contribution in [0.3, 0.4) is 0 Å². The van der Waals surface area contributed by atoms with Crippen LogP contribution >= 0.6 is 0 Å². The number of amides is 1. The molecule has 5 atom stereocenters. The van der Waals surface area contributed by atoms with Gasteiger partial charge in [-0.05, 0) is 90.3 Å². The Morgan fingerprint density at radius 1 is 1.12 bits per heavy atom. The number of cyclic esters (lactones) is 1. The van der Waals surface area contributed by atoms with E-state index in [1.165, 1.54) is 17.0 Å². The highest BCUT2D eigenvalue weighted by molar-refractivity contribution is 5.99. The molecule has 11 heteroatoms. The van der Waals surface area contributed by atoms with Crippen molar-refractivity contribution in [2.24, 2.45) is 5.92 Å². The van der Waals surface area contributed by atoms with Crippen LogP contribution in [0.25, 0.3) is 6.08 Å². The zero-order chi connectivity index (χ0) is 35.4. The molecule has 10 nitrogen and oxygen atoms in total. The second-order valence-electron chi connectivity index (χ2n) is 13.5. The van der Waals surface area contributed by atoms with E-state index < -0.39 is 59.6 Å². The molecule has 2 aliphatic heterocycles. The molecule has 0 saturated carbocycles. The molecule has 0 aliphatic carbocycles. The van der Waals surface area contributed by atoms with Crippen LogP contribution in [0.2, 0.25) is 0 Å². The highest BCUT2D eigenvalue weighted by atomic mass is 19.1. The van der Waals surface area contributed by atoms with Crippen molar-refractivity contribution in [3.05, 3.63) is 71.1 Å². The Balaban J connectivity index is 1.74. The molecule has 2 aliphatic rings. The van der Waals surface area contributed by atoms with Crippen molar-refractivity contribution >= 4 is 23.8 Å². The first-order valence-corrected chi connectivity index (χ1v) is 16.2. The summed E-state index contributed by atoms with van der Waals surface area (Å²) in [5, 5.41) is 11.1.